The van der Waals surface area contributed by atoms with Gasteiger partial charge < -0.3 is 20.3 Å². The van der Waals surface area contributed by atoms with E-state index in [-0.39, 0.29) is 18.5 Å². The summed E-state index contributed by atoms with van der Waals surface area (Å²) < 4.78 is 5.49. The number of rotatable bonds is 53. The lowest BCUT2D eigenvalue weighted by Crippen LogP contribution is -2.45. The van der Waals surface area contributed by atoms with Crippen molar-refractivity contribution in [2.45, 2.75) is 309 Å². The van der Waals surface area contributed by atoms with Crippen LogP contribution in [0.1, 0.15) is 296 Å². The lowest BCUT2D eigenvalue weighted by Gasteiger charge is -2.20. The maximum Gasteiger partial charge on any atom is 0.305 e. The molecule has 0 aromatic rings. The van der Waals surface area contributed by atoms with Crippen LogP contribution >= 0.6 is 0 Å². The van der Waals surface area contributed by atoms with Gasteiger partial charge in [0, 0.05) is 12.8 Å². The van der Waals surface area contributed by atoms with E-state index in [0.29, 0.717) is 19.4 Å². The SMILES string of the molecule is CCCCC/C=C\C/C=C\CCCCCCCCCCCC(=O)OCCCCCCCCCCC/C=C\CCCCCCCCCC(=O)NC(CO)C(O)/C=C/CCCCCCCCCC. The van der Waals surface area contributed by atoms with Gasteiger partial charge >= 0.3 is 5.97 Å². The molecule has 1 amide bonds. The summed E-state index contributed by atoms with van der Waals surface area (Å²) in [7, 11) is 0. The highest BCUT2D eigenvalue weighted by Gasteiger charge is 2.18. The van der Waals surface area contributed by atoms with E-state index in [1.807, 2.05) is 6.08 Å². The van der Waals surface area contributed by atoms with E-state index in [1.54, 1.807) is 6.08 Å². The van der Waals surface area contributed by atoms with Gasteiger partial charge in [-0.1, -0.05) is 242 Å². The summed E-state index contributed by atoms with van der Waals surface area (Å²) in [5.74, 6) is -0.0783. The number of carbonyl (C=O) groups excluding carboxylic acids is 2. The highest BCUT2D eigenvalue weighted by atomic mass is 16.5. The Bertz CT molecular complexity index is 1110. The number of esters is 1. The molecule has 0 rings (SSSR count). The summed E-state index contributed by atoms with van der Waals surface area (Å²) >= 11 is 0. The first kappa shape index (κ1) is 63.8. The molecule has 3 N–H and O–H groups in total. The Labute approximate surface area is 410 Å². The number of ether oxygens (including phenoxy) is 1. The number of aliphatic hydroxyl groups is 2. The van der Waals surface area contributed by atoms with Crippen LogP contribution in [0.2, 0.25) is 0 Å². The van der Waals surface area contributed by atoms with E-state index in [9.17, 15) is 19.8 Å². The minimum atomic E-state index is -0.849. The fourth-order valence-corrected chi connectivity index (χ4v) is 8.60. The number of unbranched alkanes of at least 4 members (excludes halogenated alkanes) is 36. The van der Waals surface area contributed by atoms with Gasteiger partial charge in [-0.25, -0.2) is 0 Å². The Kier molecular flexibility index (Phi) is 53.6. The second kappa shape index (κ2) is 55.4. The van der Waals surface area contributed by atoms with Crippen LogP contribution < -0.4 is 5.32 Å². The van der Waals surface area contributed by atoms with E-state index >= 15 is 0 Å². The molecule has 0 saturated heterocycles. The van der Waals surface area contributed by atoms with E-state index in [4.69, 9.17) is 4.74 Å². The highest BCUT2D eigenvalue weighted by molar-refractivity contribution is 5.76. The van der Waals surface area contributed by atoms with Gasteiger partial charge in [0.1, 0.15) is 0 Å². The average molecular weight is 927 g/mol. The number of nitrogens with one attached hydrogen (secondary N) is 1. The van der Waals surface area contributed by atoms with Crippen LogP contribution in [0.3, 0.4) is 0 Å². The molecule has 0 fully saturated rings. The molecule has 386 valence electrons. The Morgan fingerprint density at radius 2 is 0.758 bits per heavy atom. The summed E-state index contributed by atoms with van der Waals surface area (Å²) in [6.45, 7) is 4.85. The zero-order valence-electron chi connectivity index (χ0n) is 43.9. The van der Waals surface area contributed by atoms with Crippen molar-refractivity contribution in [3.63, 3.8) is 0 Å². The van der Waals surface area contributed by atoms with Crippen molar-refractivity contribution in [1.29, 1.82) is 0 Å². The van der Waals surface area contributed by atoms with Gasteiger partial charge in [-0.05, 0) is 89.9 Å². The molecule has 0 heterocycles. The van der Waals surface area contributed by atoms with E-state index < -0.39 is 12.1 Å². The Hall–Kier alpha value is -2.18. The summed E-state index contributed by atoms with van der Waals surface area (Å²) in [4.78, 5) is 24.5. The first-order valence-corrected chi connectivity index (χ1v) is 28.9. The van der Waals surface area contributed by atoms with Crippen molar-refractivity contribution in [3.8, 4) is 0 Å². The third-order valence-corrected chi connectivity index (χ3v) is 13.1. The first-order chi connectivity index (χ1) is 32.5. The fourth-order valence-electron chi connectivity index (χ4n) is 8.60. The van der Waals surface area contributed by atoms with Crippen molar-refractivity contribution in [1.82, 2.24) is 5.32 Å². The minimum absolute atomic E-state index is 0.00104. The van der Waals surface area contributed by atoms with Gasteiger partial charge in [-0.2, -0.15) is 0 Å². The predicted octanol–water partition coefficient (Wildman–Crippen LogP) is 17.8. The second-order valence-corrected chi connectivity index (χ2v) is 19.6. The van der Waals surface area contributed by atoms with Gasteiger partial charge in [-0.3, -0.25) is 9.59 Å². The average Bonchev–Trinajstić information content (AvgIpc) is 3.32. The summed E-state index contributed by atoms with van der Waals surface area (Å²) in [5, 5.41) is 23.0. The highest BCUT2D eigenvalue weighted by Crippen LogP contribution is 2.15. The van der Waals surface area contributed by atoms with E-state index in [0.717, 1.165) is 57.8 Å². The summed E-state index contributed by atoms with van der Waals surface area (Å²) in [6, 6.07) is -0.633. The molecular weight excluding hydrogens is 815 g/mol. The fraction of sp³-hybridized carbons (Fsp3) is 0.833. The molecule has 6 nitrogen and oxygen atoms in total. The van der Waals surface area contributed by atoms with Gasteiger partial charge in [-0.15, -0.1) is 0 Å². The molecule has 0 radical (unpaired) electrons. The van der Waals surface area contributed by atoms with Crippen LogP contribution in [0.15, 0.2) is 48.6 Å². The largest absolute Gasteiger partial charge is 0.466 e. The molecule has 2 atom stereocenters. The molecule has 0 aliphatic heterocycles. The number of hydrogen-bond acceptors (Lipinski definition) is 5. The maximum absolute atomic E-state index is 12.4. The molecule has 0 spiro atoms. The number of allylic oxidation sites excluding steroid dienone is 7. The Balaban J connectivity index is 3.42. The van der Waals surface area contributed by atoms with Crippen molar-refractivity contribution < 1.29 is 24.5 Å². The van der Waals surface area contributed by atoms with Gasteiger partial charge in [0.2, 0.25) is 5.91 Å². The van der Waals surface area contributed by atoms with Crippen molar-refractivity contribution in [2.75, 3.05) is 13.2 Å². The maximum atomic E-state index is 12.4. The van der Waals surface area contributed by atoms with Crippen LogP contribution in [0.4, 0.5) is 0 Å². The summed E-state index contributed by atoms with van der Waals surface area (Å²) in [6.07, 6.45) is 69.9. The van der Waals surface area contributed by atoms with Crippen LogP contribution in [0.5, 0.6) is 0 Å². The first-order valence-electron chi connectivity index (χ1n) is 28.9. The quantitative estimate of drug-likeness (QED) is 0.0321. The molecule has 0 aromatic carbocycles. The van der Waals surface area contributed by atoms with Crippen molar-refractivity contribution in [2.24, 2.45) is 0 Å². The standard InChI is InChI=1S/C60H111NO5/c1-3-5-7-9-11-13-15-16-17-18-21-25-28-31-34-38-42-46-50-54-60(65)66-55-51-47-43-39-35-32-29-26-23-20-19-22-24-27-30-33-37-41-45-49-53-59(64)61-57(56-62)58(63)52-48-44-40-36-14-12-10-8-6-4-2/h11,13,16-17,19,22,48,52,57-58,62-63H,3-10,12,14-15,18,20-21,23-47,49-51,53-56H2,1-2H3,(H,61,64)/b13-11-,17-16-,22-19-,52-48+. The third kappa shape index (κ3) is 51.2. The van der Waals surface area contributed by atoms with Gasteiger partial charge in [0.25, 0.3) is 0 Å². The smallest absolute Gasteiger partial charge is 0.305 e. The molecule has 2 unspecified atom stereocenters. The van der Waals surface area contributed by atoms with Crippen LogP contribution in [-0.2, 0) is 14.3 Å². The molecule has 0 aliphatic rings. The molecule has 0 saturated carbocycles. The van der Waals surface area contributed by atoms with Gasteiger partial charge in [0.15, 0.2) is 0 Å². The number of hydrogen-bond donors (Lipinski definition) is 3. The minimum Gasteiger partial charge on any atom is -0.466 e. The Morgan fingerprint density at radius 3 is 1.20 bits per heavy atom. The van der Waals surface area contributed by atoms with E-state index in [2.05, 4.69) is 55.6 Å². The normalized spacial score (nSPS) is 13.0. The lowest BCUT2D eigenvalue weighted by molar-refractivity contribution is -0.143. The number of amides is 1. The van der Waals surface area contributed by atoms with Crippen LogP contribution in [0, 0.1) is 0 Å². The molecule has 0 bridgehead atoms. The number of aliphatic hydroxyl groups excluding tert-OH is 2. The van der Waals surface area contributed by atoms with Gasteiger partial charge in [0.05, 0.1) is 25.4 Å². The topological polar surface area (TPSA) is 95.9 Å². The monoisotopic (exact) mass is 926 g/mol. The lowest BCUT2D eigenvalue weighted by atomic mass is 10.1. The predicted molar refractivity (Wildman–Crippen MR) is 287 cm³/mol. The zero-order chi connectivity index (χ0) is 47.9. The zero-order valence-corrected chi connectivity index (χ0v) is 43.9. The van der Waals surface area contributed by atoms with Crippen LogP contribution in [0.25, 0.3) is 0 Å². The molecule has 6 heteroatoms. The molecule has 66 heavy (non-hydrogen) atoms. The molecule has 0 aliphatic carbocycles. The summed E-state index contributed by atoms with van der Waals surface area (Å²) in [5.41, 5.74) is 0. The van der Waals surface area contributed by atoms with Crippen LogP contribution in [-0.4, -0.2) is 47.4 Å². The van der Waals surface area contributed by atoms with E-state index in [1.165, 1.54) is 212 Å². The molecule has 0 aromatic heterocycles. The van der Waals surface area contributed by atoms with Crippen molar-refractivity contribution in [3.05, 3.63) is 48.6 Å². The number of carbonyl (C=O) groups is 2. The Morgan fingerprint density at radius 1 is 0.424 bits per heavy atom. The third-order valence-electron chi connectivity index (χ3n) is 13.1. The van der Waals surface area contributed by atoms with Crippen molar-refractivity contribution >= 4 is 11.9 Å². The molecular formula is C60H111NO5. The second-order valence-electron chi connectivity index (χ2n) is 19.6.